The Kier molecular flexibility index (Phi) is 7.42. The molecule has 0 saturated carbocycles. The fourth-order valence-electron chi connectivity index (χ4n) is 4.40. The van der Waals surface area contributed by atoms with Crippen LogP contribution in [0.4, 0.5) is 5.95 Å². The third-order valence-electron chi connectivity index (χ3n) is 6.41. The van der Waals surface area contributed by atoms with Gasteiger partial charge in [-0.3, -0.25) is 19.0 Å². The Morgan fingerprint density at radius 1 is 1.05 bits per heavy atom. The number of nitrogens with zero attached hydrogens (tertiary/aromatic N) is 5. The summed E-state index contributed by atoms with van der Waals surface area (Å²) in [5, 5.41) is 4.12. The van der Waals surface area contributed by atoms with Crippen LogP contribution in [-0.2, 0) is 11.3 Å². The van der Waals surface area contributed by atoms with Crippen LogP contribution in [0.2, 0.25) is 0 Å². The Bertz CT molecular complexity index is 1370. The summed E-state index contributed by atoms with van der Waals surface area (Å²) in [4.78, 5) is 49.8. The zero-order chi connectivity index (χ0) is 26.7. The maximum atomic E-state index is 12.9. The molecule has 9 nitrogen and oxygen atoms in total. The lowest BCUT2D eigenvalue weighted by Gasteiger charge is -2.34. The van der Waals surface area contributed by atoms with Crippen molar-refractivity contribution in [2.45, 2.75) is 40.3 Å². The van der Waals surface area contributed by atoms with Gasteiger partial charge >= 0.3 is 0 Å². The van der Waals surface area contributed by atoms with Gasteiger partial charge in [-0.15, -0.1) is 0 Å². The summed E-state index contributed by atoms with van der Waals surface area (Å²) in [6, 6.07) is 10.6. The largest absolute Gasteiger partial charge is 0.348 e. The van der Waals surface area contributed by atoms with Gasteiger partial charge in [-0.1, -0.05) is 39.5 Å². The topological polar surface area (TPSA) is 100 Å². The minimum atomic E-state index is -0.124. The van der Waals surface area contributed by atoms with Crippen LogP contribution in [-0.4, -0.2) is 62.3 Å². The molecule has 0 aliphatic carbocycles. The molecule has 3 heterocycles. The van der Waals surface area contributed by atoms with Gasteiger partial charge < -0.3 is 15.1 Å². The van der Waals surface area contributed by atoms with Gasteiger partial charge in [-0.25, -0.2) is 4.98 Å². The predicted octanol–water partition coefficient (Wildman–Crippen LogP) is 3.48. The molecule has 0 bridgehead atoms. The number of benzene rings is 1. The van der Waals surface area contributed by atoms with E-state index < -0.39 is 0 Å². The maximum absolute atomic E-state index is 12.9. The average molecular weight is 503 g/mol. The lowest BCUT2D eigenvalue weighted by atomic mass is 9.97. The third kappa shape index (κ3) is 6.04. The van der Waals surface area contributed by atoms with E-state index in [0.717, 1.165) is 10.9 Å². The highest BCUT2D eigenvalue weighted by Gasteiger charge is 2.24. The lowest BCUT2D eigenvalue weighted by Crippen LogP contribution is -2.50. The van der Waals surface area contributed by atoms with E-state index in [4.69, 9.17) is 0 Å². The average Bonchev–Trinajstić information content (AvgIpc) is 2.89. The molecule has 2 amide bonds. The van der Waals surface area contributed by atoms with Crippen molar-refractivity contribution in [3.05, 3.63) is 76.7 Å². The van der Waals surface area contributed by atoms with E-state index in [-0.39, 0.29) is 28.8 Å². The molecule has 194 valence electrons. The van der Waals surface area contributed by atoms with E-state index in [1.807, 2.05) is 31.2 Å². The summed E-state index contributed by atoms with van der Waals surface area (Å²) in [6.07, 6.45) is 3.03. The van der Waals surface area contributed by atoms with Gasteiger partial charge in [0.05, 0.1) is 6.04 Å². The van der Waals surface area contributed by atoms with Crippen molar-refractivity contribution in [3.63, 3.8) is 0 Å². The van der Waals surface area contributed by atoms with E-state index in [0.29, 0.717) is 49.9 Å². The summed E-state index contributed by atoms with van der Waals surface area (Å²) >= 11 is 0. The summed E-state index contributed by atoms with van der Waals surface area (Å²) in [7, 11) is 0. The van der Waals surface area contributed by atoms with E-state index in [2.05, 4.69) is 42.6 Å². The molecule has 0 spiro atoms. The van der Waals surface area contributed by atoms with E-state index in [9.17, 15) is 14.4 Å². The normalized spacial score (nSPS) is 14.9. The smallest absolute Gasteiger partial charge is 0.253 e. The Hall–Kier alpha value is -4.01. The number of hydrogen-bond donors (Lipinski definition) is 1. The van der Waals surface area contributed by atoms with E-state index in [1.54, 1.807) is 32.7 Å². The first-order valence-electron chi connectivity index (χ1n) is 12.5. The van der Waals surface area contributed by atoms with Crippen molar-refractivity contribution in [1.29, 1.82) is 0 Å². The second-order valence-corrected chi connectivity index (χ2v) is 10.6. The van der Waals surface area contributed by atoms with E-state index in [1.165, 1.54) is 6.08 Å². The highest BCUT2D eigenvalue weighted by atomic mass is 16.2. The fourth-order valence-corrected chi connectivity index (χ4v) is 4.40. The van der Waals surface area contributed by atoms with Crippen molar-refractivity contribution in [2.75, 3.05) is 31.5 Å². The predicted molar refractivity (Wildman–Crippen MR) is 144 cm³/mol. The van der Waals surface area contributed by atoms with Gasteiger partial charge in [0.1, 0.15) is 5.65 Å². The standard InChI is InChI=1S/C28H34N6O3/c1-6-23(35)32-13-15-33(16-14-32)26(37)21-9-7-20(8-10-21)19(2)30-27-29-17-22-11-12-24(36)34(25(22)31-27)18-28(3,4)5/h6-12,17,19H,1,13-16,18H2,2-5H3,(H,29,30,31)/t19-/m0/s1. The summed E-state index contributed by atoms with van der Waals surface area (Å²) < 4.78 is 1.69. The van der Waals surface area contributed by atoms with Crippen LogP contribution in [0.1, 0.15) is 49.7 Å². The van der Waals surface area contributed by atoms with Crippen LogP contribution < -0.4 is 10.9 Å². The zero-order valence-electron chi connectivity index (χ0n) is 21.9. The minimum Gasteiger partial charge on any atom is -0.348 e. The van der Waals surface area contributed by atoms with Crippen molar-refractivity contribution in [3.8, 4) is 0 Å². The molecule has 1 saturated heterocycles. The number of amides is 2. The molecule has 4 rings (SSSR count). The highest BCUT2D eigenvalue weighted by Crippen LogP contribution is 2.22. The first-order valence-corrected chi connectivity index (χ1v) is 12.5. The zero-order valence-corrected chi connectivity index (χ0v) is 21.9. The minimum absolute atomic E-state index is 0.0486. The molecule has 1 aliphatic rings. The van der Waals surface area contributed by atoms with Gasteiger partial charge in [0.25, 0.3) is 11.5 Å². The molecule has 9 heteroatoms. The molecule has 2 aromatic heterocycles. The molecule has 0 unspecified atom stereocenters. The lowest BCUT2D eigenvalue weighted by molar-refractivity contribution is -0.127. The number of piperazine rings is 1. The second-order valence-electron chi connectivity index (χ2n) is 10.6. The molecule has 1 fully saturated rings. The first-order chi connectivity index (χ1) is 17.6. The van der Waals surface area contributed by atoms with Gasteiger partial charge in [0.15, 0.2) is 0 Å². The van der Waals surface area contributed by atoms with Gasteiger partial charge in [-0.05, 0) is 42.2 Å². The molecule has 37 heavy (non-hydrogen) atoms. The Morgan fingerprint density at radius 3 is 2.32 bits per heavy atom. The molecular weight excluding hydrogens is 468 g/mol. The molecule has 1 aromatic carbocycles. The van der Waals surface area contributed by atoms with Crippen LogP contribution in [0.25, 0.3) is 11.0 Å². The fraction of sp³-hybridized carbons (Fsp3) is 0.393. The highest BCUT2D eigenvalue weighted by molar-refractivity contribution is 5.94. The van der Waals surface area contributed by atoms with Gasteiger partial charge in [0.2, 0.25) is 11.9 Å². The Morgan fingerprint density at radius 2 is 1.70 bits per heavy atom. The molecule has 1 atom stereocenters. The summed E-state index contributed by atoms with van der Waals surface area (Å²) in [6.45, 7) is 14.3. The van der Waals surface area contributed by atoms with Gasteiger partial charge in [-0.2, -0.15) is 4.98 Å². The number of aromatic nitrogens is 3. The number of carbonyl (C=O) groups is 2. The SMILES string of the molecule is C=CC(=O)N1CCN(C(=O)c2ccc([C@H](C)Nc3ncc4ccc(=O)n(CC(C)(C)C)c4n3)cc2)CC1. The van der Waals surface area contributed by atoms with Gasteiger partial charge in [0, 0.05) is 55.9 Å². The Labute approximate surface area is 216 Å². The summed E-state index contributed by atoms with van der Waals surface area (Å²) in [5.41, 5.74) is 2.01. The van der Waals surface area contributed by atoms with Crippen LogP contribution in [0, 0.1) is 5.41 Å². The molecule has 3 aromatic rings. The van der Waals surface area contributed by atoms with Crippen LogP contribution >= 0.6 is 0 Å². The van der Waals surface area contributed by atoms with Crippen LogP contribution in [0.3, 0.4) is 0 Å². The monoisotopic (exact) mass is 502 g/mol. The Balaban J connectivity index is 1.45. The van der Waals surface area contributed by atoms with E-state index >= 15 is 0 Å². The number of nitrogens with one attached hydrogen (secondary N) is 1. The first kappa shape index (κ1) is 26.1. The van der Waals surface area contributed by atoms with Crippen molar-refractivity contribution >= 4 is 28.8 Å². The number of fused-ring (bicyclic) bond motifs is 1. The molecule has 1 N–H and O–H groups in total. The maximum Gasteiger partial charge on any atom is 0.253 e. The van der Waals surface area contributed by atoms with Crippen molar-refractivity contribution < 1.29 is 9.59 Å². The number of anilines is 1. The third-order valence-corrected chi connectivity index (χ3v) is 6.41. The number of hydrogen-bond acceptors (Lipinski definition) is 6. The number of carbonyl (C=O) groups excluding carboxylic acids is 2. The quantitative estimate of drug-likeness (QED) is 0.518. The molecule has 1 aliphatic heterocycles. The van der Waals surface area contributed by atoms with Crippen LogP contribution in [0.5, 0.6) is 0 Å². The molecule has 0 radical (unpaired) electrons. The summed E-state index contributed by atoms with van der Waals surface area (Å²) in [5.74, 6) is 0.277. The van der Waals surface area contributed by atoms with Crippen molar-refractivity contribution in [1.82, 2.24) is 24.3 Å². The van der Waals surface area contributed by atoms with Crippen LogP contribution in [0.15, 0.2) is 60.0 Å². The number of rotatable bonds is 6. The number of pyridine rings is 1. The molecular formula is C28H34N6O3. The second kappa shape index (κ2) is 10.5. The van der Waals surface area contributed by atoms with Crippen molar-refractivity contribution in [2.24, 2.45) is 5.41 Å².